The quantitative estimate of drug-likeness (QED) is 0.765. The van der Waals surface area contributed by atoms with Gasteiger partial charge in [0, 0.05) is 34.9 Å². The molecular weight excluding hydrogens is 357 g/mol. The van der Waals surface area contributed by atoms with Crippen LogP contribution in [0.15, 0.2) is 48.8 Å². The fourth-order valence-electron chi connectivity index (χ4n) is 2.97. The summed E-state index contributed by atoms with van der Waals surface area (Å²) in [4.78, 5) is 17.8. The molecule has 6 nitrogen and oxygen atoms in total. The van der Waals surface area contributed by atoms with Crippen molar-refractivity contribution in [1.82, 2.24) is 20.1 Å². The number of anilines is 1. The predicted molar refractivity (Wildman–Crippen MR) is 96.7 cm³/mol. The van der Waals surface area contributed by atoms with Crippen LogP contribution < -0.4 is 10.2 Å². The minimum atomic E-state index is -0.388. The van der Waals surface area contributed by atoms with Crippen LogP contribution in [0.1, 0.15) is 5.56 Å². The third-order valence-corrected chi connectivity index (χ3v) is 4.61. The minimum absolute atomic E-state index is 0.123. The first kappa shape index (κ1) is 16.5. The maximum absolute atomic E-state index is 14.1. The number of nitrogens with one attached hydrogen (secondary N) is 1. The van der Waals surface area contributed by atoms with Gasteiger partial charge in [0.2, 0.25) is 0 Å². The van der Waals surface area contributed by atoms with Crippen molar-refractivity contribution in [3.63, 3.8) is 0 Å². The van der Waals surface area contributed by atoms with Gasteiger partial charge in [0.05, 0.1) is 6.54 Å². The lowest BCUT2D eigenvalue weighted by Crippen LogP contribution is -2.27. The molecule has 3 aromatic rings. The fraction of sp³-hybridized carbons (Fsp3) is 0.167. The summed E-state index contributed by atoms with van der Waals surface area (Å²) in [6.45, 7) is 1.39. The minimum Gasteiger partial charge on any atom is -0.336 e. The number of halogens is 2. The maximum Gasteiger partial charge on any atom is 0.321 e. The first-order valence-electron chi connectivity index (χ1n) is 8.10. The van der Waals surface area contributed by atoms with Crippen LogP contribution in [0.2, 0.25) is 5.02 Å². The molecule has 1 saturated heterocycles. The number of hydrogen-bond acceptors (Lipinski definition) is 3. The van der Waals surface area contributed by atoms with Crippen molar-refractivity contribution in [2.24, 2.45) is 0 Å². The van der Waals surface area contributed by atoms with E-state index in [0.29, 0.717) is 29.5 Å². The third-order valence-electron chi connectivity index (χ3n) is 4.26. The Morgan fingerprint density at radius 3 is 2.85 bits per heavy atom. The fourth-order valence-corrected chi connectivity index (χ4v) is 3.19. The van der Waals surface area contributed by atoms with E-state index in [0.717, 1.165) is 11.3 Å². The zero-order chi connectivity index (χ0) is 18.1. The largest absolute Gasteiger partial charge is 0.336 e. The van der Waals surface area contributed by atoms with Crippen LogP contribution in [-0.2, 0) is 6.54 Å². The zero-order valence-corrected chi connectivity index (χ0v) is 14.4. The van der Waals surface area contributed by atoms with E-state index in [4.69, 9.17) is 11.6 Å². The highest BCUT2D eigenvalue weighted by Crippen LogP contribution is 2.26. The Kier molecular flexibility index (Phi) is 4.30. The summed E-state index contributed by atoms with van der Waals surface area (Å²) in [6.07, 6.45) is 1.42. The van der Waals surface area contributed by atoms with Crippen LogP contribution in [0.25, 0.3) is 11.4 Å². The Hall–Kier alpha value is -2.93. The highest BCUT2D eigenvalue weighted by atomic mass is 35.5. The summed E-state index contributed by atoms with van der Waals surface area (Å²) in [5.74, 6) is 0.187. The van der Waals surface area contributed by atoms with Crippen molar-refractivity contribution in [2.75, 3.05) is 18.0 Å². The normalized spacial score (nSPS) is 13.9. The molecule has 1 aliphatic heterocycles. The maximum atomic E-state index is 14.1. The van der Waals surface area contributed by atoms with Crippen molar-refractivity contribution in [1.29, 1.82) is 0 Å². The number of benzene rings is 2. The molecule has 0 aliphatic carbocycles. The van der Waals surface area contributed by atoms with Crippen molar-refractivity contribution in [3.05, 3.63) is 65.2 Å². The van der Waals surface area contributed by atoms with E-state index in [9.17, 15) is 9.18 Å². The molecule has 1 fully saturated rings. The van der Waals surface area contributed by atoms with Gasteiger partial charge in [0.1, 0.15) is 12.1 Å². The van der Waals surface area contributed by atoms with Crippen LogP contribution >= 0.6 is 11.6 Å². The van der Waals surface area contributed by atoms with E-state index < -0.39 is 0 Å². The molecule has 0 spiro atoms. The van der Waals surface area contributed by atoms with Crippen molar-refractivity contribution in [2.45, 2.75) is 6.54 Å². The summed E-state index contributed by atoms with van der Waals surface area (Å²) < 4.78 is 15.7. The molecule has 0 saturated carbocycles. The zero-order valence-electron chi connectivity index (χ0n) is 13.7. The van der Waals surface area contributed by atoms with Crippen LogP contribution in [0.4, 0.5) is 14.9 Å². The van der Waals surface area contributed by atoms with Crippen LogP contribution in [0, 0.1) is 5.82 Å². The van der Waals surface area contributed by atoms with Crippen molar-refractivity contribution < 1.29 is 9.18 Å². The van der Waals surface area contributed by atoms with E-state index in [-0.39, 0.29) is 18.4 Å². The molecule has 0 atom stereocenters. The van der Waals surface area contributed by atoms with E-state index in [1.54, 1.807) is 21.7 Å². The number of carbonyl (C=O) groups excluding carboxylic acids is 1. The van der Waals surface area contributed by atoms with Gasteiger partial charge in [-0.15, -0.1) is 0 Å². The van der Waals surface area contributed by atoms with Crippen molar-refractivity contribution >= 4 is 23.3 Å². The summed E-state index contributed by atoms with van der Waals surface area (Å²) in [5.41, 5.74) is 1.92. The number of urea groups is 1. The standard InChI is InChI=1S/C18H15ClFN5O/c19-15-5-2-6-16(20)14(15)10-25-17(22-11-23-25)12-3-1-4-13(9-12)24-8-7-21-18(24)26/h1-6,9,11H,7-8,10H2,(H,21,26). The molecule has 2 amide bonds. The van der Waals surface area contributed by atoms with E-state index >= 15 is 0 Å². The highest BCUT2D eigenvalue weighted by molar-refractivity contribution is 6.31. The average Bonchev–Trinajstić information content (AvgIpc) is 3.27. The summed E-state index contributed by atoms with van der Waals surface area (Å²) >= 11 is 6.12. The van der Waals surface area contributed by atoms with Crippen molar-refractivity contribution in [3.8, 4) is 11.4 Å². The van der Waals surface area contributed by atoms with E-state index in [1.165, 1.54) is 12.4 Å². The molecule has 1 aromatic heterocycles. The number of rotatable bonds is 4. The average molecular weight is 372 g/mol. The van der Waals surface area contributed by atoms with Gasteiger partial charge in [-0.1, -0.05) is 29.8 Å². The molecule has 2 heterocycles. The Labute approximate surface area is 154 Å². The third kappa shape index (κ3) is 3.01. The lowest BCUT2D eigenvalue weighted by molar-refractivity contribution is 0.252. The molecule has 1 N–H and O–H groups in total. The first-order valence-corrected chi connectivity index (χ1v) is 8.48. The smallest absolute Gasteiger partial charge is 0.321 e. The second kappa shape index (κ2) is 6.76. The van der Waals surface area contributed by atoms with Gasteiger partial charge in [-0.2, -0.15) is 5.10 Å². The number of amides is 2. The van der Waals surface area contributed by atoms with Gasteiger partial charge in [-0.25, -0.2) is 18.9 Å². The lowest BCUT2D eigenvalue weighted by atomic mass is 10.1. The molecule has 0 unspecified atom stereocenters. The number of hydrogen-bond donors (Lipinski definition) is 1. The number of aromatic nitrogens is 3. The summed E-state index contributed by atoms with van der Waals surface area (Å²) in [7, 11) is 0. The predicted octanol–water partition coefficient (Wildman–Crippen LogP) is 3.32. The summed E-state index contributed by atoms with van der Waals surface area (Å²) in [5, 5.41) is 7.32. The Morgan fingerprint density at radius 1 is 1.23 bits per heavy atom. The molecule has 0 radical (unpaired) electrons. The van der Waals surface area contributed by atoms with Gasteiger partial charge in [0.15, 0.2) is 5.82 Å². The van der Waals surface area contributed by atoms with Crippen LogP contribution in [-0.4, -0.2) is 33.9 Å². The monoisotopic (exact) mass is 371 g/mol. The highest BCUT2D eigenvalue weighted by Gasteiger charge is 2.22. The molecule has 2 aromatic carbocycles. The Balaban J connectivity index is 1.68. The molecule has 26 heavy (non-hydrogen) atoms. The van der Waals surface area contributed by atoms with Gasteiger partial charge in [0.25, 0.3) is 0 Å². The number of nitrogens with zero attached hydrogens (tertiary/aromatic N) is 4. The van der Waals surface area contributed by atoms with Gasteiger partial charge in [-0.05, 0) is 24.3 Å². The molecule has 4 rings (SSSR count). The molecule has 8 heteroatoms. The van der Waals surface area contributed by atoms with E-state index in [1.807, 2.05) is 24.3 Å². The first-order chi connectivity index (χ1) is 12.6. The molecular formula is C18H15ClFN5O. The lowest BCUT2D eigenvalue weighted by Gasteiger charge is -2.15. The van der Waals surface area contributed by atoms with Gasteiger partial charge in [-0.3, -0.25) is 4.90 Å². The molecule has 1 aliphatic rings. The SMILES string of the molecule is O=C1NCCN1c1cccc(-c2ncnn2Cc2c(F)cccc2Cl)c1. The van der Waals surface area contributed by atoms with Crippen LogP contribution in [0.5, 0.6) is 0 Å². The second-order valence-corrected chi connectivity index (χ2v) is 6.28. The van der Waals surface area contributed by atoms with E-state index in [2.05, 4.69) is 15.4 Å². The van der Waals surface area contributed by atoms with Crippen LogP contribution in [0.3, 0.4) is 0 Å². The topological polar surface area (TPSA) is 63.1 Å². The number of carbonyl (C=O) groups is 1. The Bertz CT molecular complexity index is 953. The van der Waals surface area contributed by atoms with Gasteiger partial charge < -0.3 is 5.32 Å². The second-order valence-electron chi connectivity index (χ2n) is 5.88. The summed E-state index contributed by atoms with van der Waals surface area (Å²) in [6, 6.07) is 11.9. The molecule has 132 valence electrons. The van der Waals surface area contributed by atoms with Gasteiger partial charge >= 0.3 is 6.03 Å². The molecule has 0 bridgehead atoms. The Morgan fingerprint density at radius 2 is 2.08 bits per heavy atom.